The molecule has 2 aromatic rings. The Balaban J connectivity index is 1.88. The summed E-state index contributed by atoms with van der Waals surface area (Å²) in [6.45, 7) is 5.07. The lowest BCUT2D eigenvalue weighted by atomic mass is 10.1. The third-order valence-corrected chi connectivity index (χ3v) is 3.86. The van der Waals surface area contributed by atoms with Gasteiger partial charge in [0.15, 0.2) is 0 Å². The number of benzene rings is 2. The maximum absolute atomic E-state index is 11.5. The molecule has 0 aliphatic carbocycles. The van der Waals surface area contributed by atoms with E-state index >= 15 is 0 Å². The van der Waals surface area contributed by atoms with Gasteiger partial charge >= 0.3 is 0 Å². The first-order valence-electron chi connectivity index (χ1n) is 8.48. The second kappa shape index (κ2) is 9.85. The second-order valence-corrected chi connectivity index (χ2v) is 6.12. The highest BCUT2D eigenvalue weighted by atomic mass is 16.2. The molecule has 4 nitrogen and oxygen atoms in total. The van der Waals surface area contributed by atoms with E-state index < -0.39 is 6.04 Å². The molecule has 0 fully saturated rings. The Bertz CT molecular complexity index is 557. The van der Waals surface area contributed by atoms with E-state index in [-0.39, 0.29) is 5.91 Å². The zero-order chi connectivity index (χ0) is 17.2. The molecule has 4 heteroatoms. The summed E-state index contributed by atoms with van der Waals surface area (Å²) in [6.07, 6.45) is 0.901. The molecule has 2 rings (SSSR count). The van der Waals surface area contributed by atoms with E-state index in [2.05, 4.69) is 58.7 Å². The van der Waals surface area contributed by atoms with E-state index in [0.29, 0.717) is 6.54 Å². The Morgan fingerprint density at radius 3 is 1.96 bits per heavy atom. The molecule has 0 heterocycles. The lowest BCUT2D eigenvalue weighted by Gasteiger charge is -2.23. The lowest BCUT2D eigenvalue weighted by molar-refractivity contribution is -0.121. The first-order chi connectivity index (χ1) is 11.6. The molecule has 0 spiro atoms. The van der Waals surface area contributed by atoms with Crippen LogP contribution in [0.25, 0.3) is 0 Å². The lowest BCUT2D eigenvalue weighted by Crippen LogP contribution is -2.39. The van der Waals surface area contributed by atoms with Crippen LogP contribution in [0.2, 0.25) is 0 Å². The largest absolute Gasteiger partial charge is 0.355 e. The second-order valence-electron chi connectivity index (χ2n) is 6.12. The van der Waals surface area contributed by atoms with Crippen molar-refractivity contribution in [1.29, 1.82) is 0 Å². The van der Waals surface area contributed by atoms with Gasteiger partial charge in [-0.05, 0) is 24.5 Å². The van der Waals surface area contributed by atoms with Gasteiger partial charge in [0, 0.05) is 26.2 Å². The smallest absolute Gasteiger partial charge is 0.236 e. The van der Waals surface area contributed by atoms with Gasteiger partial charge in [-0.1, -0.05) is 60.7 Å². The maximum Gasteiger partial charge on any atom is 0.236 e. The number of amides is 1. The molecule has 3 N–H and O–H groups in total. The highest BCUT2D eigenvalue weighted by molar-refractivity contribution is 5.80. The summed E-state index contributed by atoms with van der Waals surface area (Å²) in [5.41, 5.74) is 8.16. The zero-order valence-electron chi connectivity index (χ0n) is 14.3. The number of nitrogens with zero attached hydrogens (tertiary/aromatic N) is 1. The van der Waals surface area contributed by atoms with Gasteiger partial charge in [-0.3, -0.25) is 9.69 Å². The minimum atomic E-state index is -0.449. The molecule has 0 aliphatic rings. The van der Waals surface area contributed by atoms with Gasteiger partial charge in [0.05, 0.1) is 6.04 Å². The van der Waals surface area contributed by atoms with Crippen molar-refractivity contribution in [2.45, 2.75) is 32.5 Å². The SMILES string of the molecule is CC(N)C(=O)NCCCN(Cc1ccccc1)Cc1ccccc1. The van der Waals surface area contributed by atoms with E-state index in [9.17, 15) is 4.79 Å². The highest BCUT2D eigenvalue weighted by Gasteiger charge is 2.09. The Morgan fingerprint density at radius 2 is 1.50 bits per heavy atom. The molecule has 2 aromatic carbocycles. The van der Waals surface area contributed by atoms with Crippen LogP contribution in [0.15, 0.2) is 60.7 Å². The number of nitrogens with two attached hydrogens (primary N) is 1. The summed E-state index contributed by atoms with van der Waals surface area (Å²) in [5.74, 6) is -0.0901. The zero-order valence-corrected chi connectivity index (χ0v) is 14.3. The summed E-state index contributed by atoms with van der Waals surface area (Å²) in [6, 6.07) is 20.5. The molecule has 1 atom stereocenters. The van der Waals surface area contributed by atoms with Crippen LogP contribution >= 0.6 is 0 Å². The minimum absolute atomic E-state index is 0.0901. The van der Waals surface area contributed by atoms with Gasteiger partial charge in [-0.25, -0.2) is 0 Å². The predicted molar refractivity (Wildman–Crippen MR) is 98.3 cm³/mol. The fourth-order valence-corrected chi connectivity index (χ4v) is 2.57. The Kier molecular flexibility index (Phi) is 7.46. The molecule has 0 bridgehead atoms. The van der Waals surface area contributed by atoms with Crippen molar-refractivity contribution in [3.05, 3.63) is 71.8 Å². The van der Waals surface area contributed by atoms with Crippen LogP contribution in [-0.4, -0.2) is 29.9 Å². The van der Waals surface area contributed by atoms with E-state index in [4.69, 9.17) is 5.73 Å². The molecule has 24 heavy (non-hydrogen) atoms. The van der Waals surface area contributed by atoms with Crippen molar-refractivity contribution >= 4 is 5.91 Å². The number of rotatable bonds is 9. The maximum atomic E-state index is 11.5. The number of carbonyl (C=O) groups is 1. The van der Waals surface area contributed by atoms with E-state index in [1.807, 2.05) is 12.1 Å². The van der Waals surface area contributed by atoms with Crippen LogP contribution in [0.1, 0.15) is 24.5 Å². The van der Waals surface area contributed by atoms with Crippen molar-refractivity contribution in [2.75, 3.05) is 13.1 Å². The normalized spacial score (nSPS) is 12.1. The molecule has 0 aromatic heterocycles. The standard InChI is InChI=1S/C20H27N3O/c1-17(21)20(24)22-13-8-14-23(15-18-9-4-2-5-10-18)16-19-11-6-3-7-12-19/h2-7,9-12,17H,8,13-16,21H2,1H3,(H,22,24). The molecule has 0 saturated carbocycles. The van der Waals surface area contributed by atoms with Gasteiger partial charge in [0.25, 0.3) is 0 Å². The summed E-state index contributed by atoms with van der Waals surface area (Å²) < 4.78 is 0. The fourth-order valence-electron chi connectivity index (χ4n) is 2.57. The fraction of sp³-hybridized carbons (Fsp3) is 0.350. The van der Waals surface area contributed by atoms with Crippen LogP contribution in [0.3, 0.4) is 0 Å². The summed E-state index contributed by atoms with van der Waals surface area (Å²) >= 11 is 0. The van der Waals surface area contributed by atoms with Crippen molar-refractivity contribution in [1.82, 2.24) is 10.2 Å². The van der Waals surface area contributed by atoms with Gasteiger partial charge < -0.3 is 11.1 Å². The monoisotopic (exact) mass is 325 g/mol. The van der Waals surface area contributed by atoms with Gasteiger partial charge in [-0.2, -0.15) is 0 Å². The Labute approximate surface area is 144 Å². The van der Waals surface area contributed by atoms with Crippen molar-refractivity contribution in [2.24, 2.45) is 5.73 Å². The minimum Gasteiger partial charge on any atom is -0.355 e. The third-order valence-electron chi connectivity index (χ3n) is 3.86. The average Bonchev–Trinajstić information content (AvgIpc) is 2.60. The Hall–Kier alpha value is -2.17. The molecular formula is C20H27N3O. The van der Waals surface area contributed by atoms with Crippen LogP contribution < -0.4 is 11.1 Å². The van der Waals surface area contributed by atoms with E-state index in [1.165, 1.54) is 11.1 Å². The first-order valence-corrected chi connectivity index (χ1v) is 8.48. The number of nitrogens with one attached hydrogen (secondary N) is 1. The van der Waals surface area contributed by atoms with Crippen molar-refractivity contribution in [3.63, 3.8) is 0 Å². The summed E-state index contributed by atoms with van der Waals surface area (Å²) in [7, 11) is 0. The predicted octanol–water partition coefficient (Wildman–Crippen LogP) is 2.54. The molecule has 128 valence electrons. The van der Waals surface area contributed by atoms with Crippen LogP contribution in [0.4, 0.5) is 0 Å². The van der Waals surface area contributed by atoms with E-state index in [1.54, 1.807) is 6.92 Å². The van der Waals surface area contributed by atoms with Gasteiger partial charge in [-0.15, -0.1) is 0 Å². The van der Waals surface area contributed by atoms with Crippen molar-refractivity contribution in [3.8, 4) is 0 Å². The summed E-state index contributed by atoms with van der Waals surface area (Å²) in [5, 5.41) is 2.87. The van der Waals surface area contributed by atoms with Gasteiger partial charge in [0.1, 0.15) is 0 Å². The molecular weight excluding hydrogens is 298 g/mol. The molecule has 1 amide bonds. The quantitative estimate of drug-likeness (QED) is 0.697. The summed E-state index contributed by atoms with van der Waals surface area (Å²) in [4.78, 5) is 13.9. The molecule has 0 saturated heterocycles. The van der Waals surface area contributed by atoms with Crippen LogP contribution in [0, 0.1) is 0 Å². The van der Waals surface area contributed by atoms with Gasteiger partial charge in [0.2, 0.25) is 5.91 Å². The Morgan fingerprint density at radius 1 is 1.00 bits per heavy atom. The number of hydrogen-bond donors (Lipinski definition) is 2. The third kappa shape index (κ3) is 6.52. The van der Waals surface area contributed by atoms with E-state index in [0.717, 1.165) is 26.1 Å². The van der Waals surface area contributed by atoms with Crippen LogP contribution in [-0.2, 0) is 17.9 Å². The number of hydrogen-bond acceptors (Lipinski definition) is 3. The average molecular weight is 325 g/mol. The molecule has 0 radical (unpaired) electrons. The topological polar surface area (TPSA) is 58.4 Å². The first kappa shape index (κ1) is 18.2. The van der Waals surface area contributed by atoms with Crippen LogP contribution in [0.5, 0.6) is 0 Å². The molecule has 0 aliphatic heterocycles. The van der Waals surface area contributed by atoms with Crippen molar-refractivity contribution < 1.29 is 4.79 Å². The molecule has 1 unspecified atom stereocenters. The number of carbonyl (C=O) groups excluding carboxylic acids is 1. The highest BCUT2D eigenvalue weighted by Crippen LogP contribution is 2.10.